The minimum absolute atomic E-state index is 0.140. The number of nitrogens with one attached hydrogen (secondary N) is 1. The Bertz CT molecular complexity index is 1070. The molecule has 0 atom stereocenters. The van der Waals surface area contributed by atoms with Gasteiger partial charge in [-0.3, -0.25) is 9.48 Å². The second-order valence-electron chi connectivity index (χ2n) is 6.03. The normalized spacial score (nSPS) is 11.3. The van der Waals surface area contributed by atoms with Gasteiger partial charge in [0, 0.05) is 46.8 Å². The Morgan fingerprint density at radius 2 is 1.84 bits per heavy atom. The number of carbonyl (C=O) groups excluding carboxylic acids is 1. The molecule has 0 radical (unpaired) electrons. The van der Waals surface area contributed by atoms with E-state index < -0.39 is 0 Å². The van der Waals surface area contributed by atoms with Crippen LogP contribution in [-0.2, 0) is 13.1 Å². The van der Waals surface area contributed by atoms with Gasteiger partial charge in [-0.1, -0.05) is 18.2 Å². The zero-order chi connectivity index (χ0) is 17.4. The van der Waals surface area contributed by atoms with Crippen molar-refractivity contribution in [1.82, 2.24) is 14.3 Å². The van der Waals surface area contributed by atoms with Crippen molar-refractivity contribution in [2.45, 2.75) is 26.9 Å². The number of nitrogens with zero attached hydrogens (tertiary/aromatic N) is 3. The molecule has 0 spiro atoms. The Balaban J connectivity index is 1.74. The highest BCUT2D eigenvalue weighted by atomic mass is 16.1. The second-order valence-corrected chi connectivity index (χ2v) is 6.03. The molecule has 1 amide bonds. The van der Waals surface area contributed by atoms with Gasteiger partial charge in [-0.2, -0.15) is 5.10 Å². The van der Waals surface area contributed by atoms with E-state index in [2.05, 4.69) is 46.2 Å². The lowest BCUT2D eigenvalue weighted by atomic mass is 10.1. The van der Waals surface area contributed by atoms with Gasteiger partial charge in [0.05, 0.1) is 11.8 Å². The van der Waals surface area contributed by atoms with E-state index in [1.54, 1.807) is 17.1 Å². The van der Waals surface area contributed by atoms with Crippen LogP contribution in [-0.4, -0.2) is 20.3 Å². The van der Waals surface area contributed by atoms with Crippen LogP contribution in [0.5, 0.6) is 0 Å². The van der Waals surface area contributed by atoms with Gasteiger partial charge in [0.15, 0.2) is 0 Å². The van der Waals surface area contributed by atoms with Crippen molar-refractivity contribution < 1.29 is 4.79 Å². The summed E-state index contributed by atoms with van der Waals surface area (Å²) in [5.74, 6) is -0.140. The number of fused-ring (bicyclic) bond motifs is 3. The van der Waals surface area contributed by atoms with Crippen molar-refractivity contribution in [2.75, 3.05) is 5.32 Å². The van der Waals surface area contributed by atoms with Gasteiger partial charge in [0.25, 0.3) is 5.91 Å². The molecule has 0 aliphatic heterocycles. The summed E-state index contributed by atoms with van der Waals surface area (Å²) in [5.41, 5.74) is 3.76. The van der Waals surface area contributed by atoms with Crippen LogP contribution in [0.3, 0.4) is 0 Å². The van der Waals surface area contributed by atoms with Crippen LogP contribution in [0.4, 0.5) is 5.69 Å². The third-order valence-corrected chi connectivity index (χ3v) is 4.57. The van der Waals surface area contributed by atoms with E-state index in [1.165, 1.54) is 16.4 Å². The van der Waals surface area contributed by atoms with E-state index in [0.717, 1.165) is 24.2 Å². The molecule has 0 bridgehead atoms. The molecule has 0 aliphatic carbocycles. The monoisotopic (exact) mass is 332 g/mol. The minimum atomic E-state index is -0.140. The topological polar surface area (TPSA) is 51.9 Å². The van der Waals surface area contributed by atoms with Gasteiger partial charge in [-0.05, 0) is 38.1 Å². The maximum absolute atomic E-state index is 12.4. The van der Waals surface area contributed by atoms with Crippen LogP contribution < -0.4 is 5.32 Å². The molecule has 126 valence electrons. The Kier molecular flexibility index (Phi) is 3.76. The minimum Gasteiger partial charge on any atom is -0.341 e. The number of anilines is 1. The molecule has 4 rings (SSSR count). The average Bonchev–Trinajstić information content (AvgIpc) is 3.24. The number of rotatable bonds is 4. The summed E-state index contributed by atoms with van der Waals surface area (Å²) in [7, 11) is 0. The van der Waals surface area contributed by atoms with Gasteiger partial charge in [-0.15, -0.1) is 0 Å². The zero-order valence-electron chi connectivity index (χ0n) is 14.4. The average molecular weight is 332 g/mol. The van der Waals surface area contributed by atoms with Gasteiger partial charge < -0.3 is 9.88 Å². The maximum Gasteiger partial charge on any atom is 0.258 e. The van der Waals surface area contributed by atoms with Gasteiger partial charge >= 0.3 is 0 Å². The summed E-state index contributed by atoms with van der Waals surface area (Å²) in [6.45, 7) is 5.79. The molecule has 2 heterocycles. The largest absolute Gasteiger partial charge is 0.341 e. The zero-order valence-corrected chi connectivity index (χ0v) is 14.4. The number of carbonyl (C=O) groups is 1. The molecular weight excluding hydrogens is 312 g/mol. The molecule has 0 saturated carbocycles. The summed E-state index contributed by atoms with van der Waals surface area (Å²) in [5, 5.41) is 9.49. The maximum atomic E-state index is 12.4. The molecule has 5 heteroatoms. The van der Waals surface area contributed by atoms with Crippen LogP contribution in [0.15, 0.2) is 54.9 Å². The number of amides is 1. The van der Waals surface area contributed by atoms with E-state index in [0.29, 0.717) is 5.56 Å². The van der Waals surface area contributed by atoms with Gasteiger partial charge in [-0.25, -0.2) is 0 Å². The Morgan fingerprint density at radius 3 is 2.60 bits per heavy atom. The summed E-state index contributed by atoms with van der Waals surface area (Å²) >= 11 is 0. The highest BCUT2D eigenvalue weighted by Gasteiger charge is 2.12. The highest BCUT2D eigenvalue weighted by molar-refractivity contribution is 6.11. The van der Waals surface area contributed by atoms with Crippen molar-refractivity contribution in [3.8, 4) is 0 Å². The van der Waals surface area contributed by atoms with Gasteiger partial charge in [0.1, 0.15) is 0 Å². The first-order valence-corrected chi connectivity index (χ1v) is 8.56. The molecule has 5 nitrogen and oxygen atoms in total. The Morgan fingerprint density at radius 1 is 1.04 bits per heavy atom. The van der Waals surface area contributed by atoms with Crippen LogP contribution in [0.1, 0.15) is 24.2 Å². The quantitative estimate of drug-likeness (QED) is 0.606. The molecule has 0 aliphatic rings. The second kappa shape index (κ2) is 6.09. The van der Waals surface area contributed by atoms with Crippen molar-refractivity contribution in [3.05, 3.63) is 60.4 Å². The molecule has 1 N–H and O–H groups in total. The summed E-state index contributed by atoms with van der Waals surface area (Å²) in [6.07, 6.45) is 3.36. The smallest absolute Gasteiger partial charge is 0.258 e. The summed E-state index contributed by atoms with van der Waals surface area (Å²) in [6, 6.07) is 14.4. The standard InChI is InChI=1S/C20H20N4O/c1-3-23-13-14(12-21-23)20(25)22-15-9-10-19-17(11-15)16-7-5-6-8-18(16)24(19)4-2/h5-13H,3-4H2,1-2H3,(H,22,25). The fourth-order valence-corrected chi connectivity index (χ4v) is 3.33. The van der Waals surface area contributed by atoms with E-state index in [4.69, 9.17) is 0 Å². The number of hydrogen-bond donors (Lipinski definition) is 1. The predicted octanol–water partition coefficient (Wildman–Crippen LogP) is 4.28. The lowest BCUT2D eigenvalue weighted by Gasteiger charge is -2.05. The molecule has 0 fully saturated rings. The molecule has 2 aromatic heterocycles. The lowest BCUT2D eigenvalue weighted by molar-refractivity contribution is 0.102. The van der Waals surface area contributed by atoms with Crippen molar-refractivity contribution in [2.24, 2.45) is 0 Å². The SMILES string of the molecule is CCn1cc(C(=O)Nc2ccc3c(c2)c2ccccc2n3CC)cn1. The molecule has 2 aromatic carbocycles. The lowest BCUT2D eigenvalue weighted by Crippen LogP contribution is -2.11. The molecular formula is C20H20N4O. The third-order valence-electron chi connectivity index (χ3n) is 4.57. The van der Waals surface area contributed by atoms with Crippen molar-refractivity contribution in [1.29, 1.82) is 0 Å². The predicted molar refractivity (Wildman–Crippen MR) is 101 cm³/mol. The third kappa shape index (κ3) is 2.58. The van der Waals surface area contributed by atoms with E-state index in [9.17, 15) is 4.79 Å². The number of hydrogen-bond acceptors (Lipinski definition) is 2. The van der Waals surface area contributed by atoms with E-state index >= 15 is 0 Å². The number of aromatic nitrogens is 3. The van der Waals surface area contributed by atoms with E-state index in [1.807, 2.05) is 25.1 Å². The van der Waals surface area contributed by atoms with Crippen molar-refractivity contribution >= 4 is 33.4 Å². The van der Waals surface area contributed by atoms with Crippen molar-refractivity contribution in [3.63, 3.8) is 0 Å². The molecule has 0 unspecified atom stereocenters. The molecule has 0 saturated heterocycles. The van der Waals surface area contributed by atoms with Gasteiger partial charge in [0.2, 0.25) is 0 Å². The van der Waals surface area contributed by atoms with Crippen LogP contribution in [0, 0.1) is 0 Å². The Labute approximate surface area is 145 Å². The molecule has 4 aromatic rings. The summed E-state index contributed by atoms with van der Waals surface area (Å²) < 4.78 is 4.04. The van der Waals surface area contributed by atoms with E-state index in [-0.39, 0.29) is 5.91 Å². The van der Waals surface area contributed by atoms with Crippen LogP contribution in [0.25, 0.3) is 21.8 Å². The first-order valence-electron chi connectivity index (χ1n) is 8.56. The van der Waals surface area contributed by atoms with Crippen LogP contribution in [0.2, 0.25) is 0 Å². The first kappa shape index (κ1) is 15.4. The van der Waals surface area contributed by atoms with Crippen LogP contribution >= 0.6 is 0 Å². The molecule has 25 heavy (non-hydrogen) atoms. The Hall–Kier alpha value is -3.08. The number of para-hydroxylation sites is 1. The fourth-order valence-electron chi connectivity index (χ4n) is 3.33. The number of aryl methyl sites for hydroxylation is 2. The highest BCUT2D eigenvalue weighted by Crippen LogP contribution is 2.31. The summed E-state index contributed by atoms with van der Waals surface area (Å²) in [4.78, 5) is 12.4. The fraction of sp³-hybridized carbons (Fsp3) is 0.200. The first-order chi connectivity index (χ1) is 12.2. The number of benzene rings is 2.